The zero-order chi connectivity index (χ0) is 15.9. The van der Waals surface area contributed by atoms with Crippen LogP contribution in [-0.4, -0.2) is 43.8 Å². The molecule has 0 heterocycles. The van der Waals surface area contributed by atoms with E-state index in [4.69, 9.17) is 15.6 Å². The van der Waals surface area contributed by atoms with Gasteiger partial charge in [0.25, 0.3) is 0 Å². The summed E-state index contributed by atoms with van der Waals surface area (Å²) in [5.41, 5.74) is 6.26. The number of nitrogens with two attached hydrogens (primary N) is 1. The summed E-state index contributed by atoms with van der Waals surface area (Å²) in [7, 11) is 1.27. The summed E-state index contributed by atoms with van der Waals surface area (Å²) in [5, 5.41) is 11.3. The summed E-state index contributed by atoms with van der Waals surface area (Å²) >= 11 is 0. The monoisotopic (exact) mass is 294 g/mol. The highest BCUT2D eigenvalue weighted by molar-refractivity contribution is 5.90. The molecule has 0 saturated heterocycles. The Bertz CT molecular complexity index is 487. The summed E-state index contributed by atoms with van der Waals surface area (Å²) in [6.45, 7) is 1.86. The number of amides is 1. The lowest BCUT2D eigenvalue weighted by Gasteiger charge is -2.29. The van der Waals surface area contributed by atoms with Crippen LogP contribution < -0.4 is 11.1 Å². The van der Waals surface area contributed by atoms with Crippen LogP contribution in [0.5, 0.6) is 0 Å². The van der Waals surface area contributed by atoms with Crippen molar-refractivity contribution in [3.63, 3.8) is 0 Å². The van der Waals surface area contributed by atoms with Crippen LogP contribution in [0.25, 0.3) is 0 Å². The minimum atomic E-state index is -1.22. The molecule has 1 amide bonds. The molecule has 1 unspecified atom stereocenters. The van der Waals surface area contributed by atoms with E-state index in [-0.39, 0.29) is 32.0 Å². The number of aliphatic hydroxyl groups is 1. The molecule has 1 aromatic rings. The maximum atomic E-state index is 12.2. The highest BCUT2D eigenvalue weighted by atomic mass is 16.5. The van der Waals surface area contributed by atoms with Gasteiger partial charge in [-0.05, 0) is 12.5 Å². The smallest absolute Gasteiger partial charge is 0.318 e. The van der Waals surface area contributed by atoms with Gasteiger partial charge in [-0.15, -0.1) is 0 Å². The molecule has 1 rings (SSSR count). The third-order valence-corrected chi connectivity index (χ3v) is 3.43. The van der Waals surface area contributed by atoms with Crippen molar-refractivity contribution >= 4 is 11.9 Å². The van der Waals surface area contributed by atoms with E-state index in [0.717, 1.165) is 5.56 Å². The van der Waals surface area contributed by atoms with Gasteiger partial charge in [0.2, 0.25) is 5.91 Å². The van der Waals surface area contributed by atoms with E-state index >= 15 is 0 Å². The minimum absolute atomic E-state index is 0.0463. The van der Waals surface area contributed by atoms with E-state index in [1.54, 1.807) is 12.1 Å². The Kier molecular flexibility index (Phi) is 6.33. The van der Waals surface area contributed by atoms with Gasteiger partial charge in [-0.3, -0.25) is 9.59 Å². The van der Waals surface area contributed by atoms with Crippen molar-refractivity contribution in [3.8, 4) is 0 Å². The molecular formula is C15H22N2O4. The van der Waals surface area contributed by atoms with E-state index in [2.05, 4.69) is 5.32 Å². The fourth-order valence-electron chi connectivity index (χ4n) is 2.17. The Morgan fingerprint density at radius 1 is 1.33 bits per heavy atom. The molecule has 21 heavy (non-hydrogen) atoms. The van der Waals surface area contributed by atoms with Crippen molar-refractivity contribution in [2.24, 2.45) is 5.73 Å². The summed E-state index contributed by atoms with van der Waals surface area (Å²) in [5.74, 6) is -0.909. The summed E-state index contributed by atoms with van der Waals surface area (Å²) < 4.78 is 4.85. The van der Waals surface area contributed by atoms with Gasteiger partial charge in [-0.25, -0.2) is 0 Å². The maximum absolute atomic E-state index is 12.2. The fraction of sp³-hybridized carbons (Fsp3) is 0.467. The van der Waals surface area contributed by atoms with Crippen LogP contribution in [0.3, 0.4) is 0 Å². The number of benzene rings is 1. The zero-order valence-electron chi connectivity index (χ0n) is 12.4. The number of carbonyl (C=O) groups excluding carboxylic acids is 2. The predicted octanol–water partition coefficient (Wildman–Crippen LogP) is -0.137. The standard InChI is InChI=1S/C15H22N2O4/c1-11-3-5-12(6-4-11)15(10-16,14(20)21-2)9-13(19)17-7-8-18/h3-6,18H,7-10,16H2,1-2H3,(H,17,19). The molecule has 0 aliphatic rings. The molecular weight excluding hydrogens is 272 g/mol. The topological polar surface area (TPSA) is 102 Å². The fourth-order valence-corrected chi connectivity index (χ4v) is 2.17. The summed E-state index contributed by atoms with van der Waals surface area (Å²) in [6, 6.07) is 7.26. The number of esters is 1. The lowest BCUT2D eigenvalue weighted by molar-refractivity contribution is -0.149. The number of methoxy groups -OCH3 is 1. The molecule has 1 atom stereocenters. The van der Waals surface area contributed by atoms with E-state index in [1.165, 1.54) is 7.11 Å². The lowest BCUT2D eigenvalue weighted by atomic mass is 9.77. The van der Waals surface area contributed by atoms with Crippen LogP contribution >= 0.6 is 0 Å². The van der Waals surface area contributed by atoms with E-state index in [0.29, 0.717) is 5.56 Å². The highest BCUT2D eigenvalue weighted by Gasteiger charge is 2.42. The summed E-state index contributed by atoms with van der Waals surface area (Å²) in [4.78, 5) is 24.2. The number of ether oxygens (including phenoxy) is 1. The molecule has 6 nitrogen and oxygen atoms in total. The maximum Gasteiger partial charge on any atom is 0.318 e. The second kappa shape index (κ2) is 7.75. The van der Waals surface area contributed by atoms with Crippen molar-refractivity contribution in [3.05, 3.63) is 35.4 Å². The Balaban J connectivity index is 3.12. The molecule has 0 aliphatic carbocycles. The number of aliphatic hydroxyl groups excluding tert-OH is 1. The van der Waals surface area contributed by atoms with Crippen LogP contribution in [0.1, 0.15) is 17.5 Å². The highest BCUT2D eigenvalue weighted by Crippen LogP contribution is 2.29. The van der Waals surface area contributed by atoms with Gasteiger partial charge in [0.05, 0.1) is 13.7 Å². The van der Waals surface area contributed by atoms with Crippen LogP contribution in [0.2, 0.25) is 0 Å². The van der Waals surface area contributed by atoms with E-state index in [1.807, 2.05) is 19.1 Å². The molecule has 0 bridgehead atoms. The first-order valence-electron chi connectivity index (χ1n) is 6.73. The lowest BCUT2D eigenvalue weighted by Crippen LogP contribution is -2.47. The van der Waals surface area contributed by atoms with Crippen molar-refractivity contribution in [2.75, 3.05) is 26.8 Å². The van der Waals surface area contributed by atoms with Crippen molar-refractivity contribution in [1.29, 1.82) is 0 Å². The molecule has 4 N–H and O–H groups in total. The van der Waals surface area contributed by atoms with Gasteiger partial charge >= 0.3 is 5.97 Å². The van der Waals surface area contributed by atoms with Crippen LogP contribution in [0.15, 0.2) is 24.3 Å². The zero-order valence-corrected chi connectivity index (χ0v) is 12.4. The number of hydrogen-bond donors (Lipinski definition) is 3. The molecule has 0 aromatic heterocycles. The number of aryl methyl sites for hydroxylation is 1. The SMILES string of the molecule is COC(=O)C(CN)(CC(=O)NCCO)c1ccc(C)cc1. The second-order valence-electron chi connectivity index (χ2n) is 4.89. The van der Waals surface area contributed by atoms with Crippen molar-refractivity contribution < 1.29 is 19.4 Å². The largest absolute Gasteiger partial charge is 0.468 e. The molecule has 116 valence electrons. The Hall–Kier alpha value is -1.92. The Morgan fingerprint density at radius 3 is 2.43 bits per heavy atom. The first-order valence-corrected chi connectivity index (χ1v) is 6.73. The van der Waals surface area contributed by atoms with Gasteiger partial charge in [0.1, 0.15) is 5.41 Å². The number of carbonyl (C=O) groups is 2. The Labute approximate surface area is 124 Å². The molecule has 0 aliphatic heterocycles. The average Bonchev–Trinajstić information content (AvgIpc) is 2.50. The van der Waals surface area contributed by atoms with Crippen LogP contribution in [0, 0.1) is 6.92 Å². The van der Waals surface area contributed by atoms with Gasteiger partial charge in [-0.1, -0.05) is 29.8 Å². The first-order chi connectivity index (χ1) is 10.00. The number of nitrogens with one attached hydrogen (secondary N) is 1. The van der Waals surface area contributed by atoms with Gasteiger partial charge < -0.3 is 20.9 Å². The minimum Gasteiger partial charge on any atom is -0.468 e. The average molecular weight is 294 g/mol. The van der Waals surface area contributed by atoms with Gasteiger partial charge in [0, 0.05) is 19.5 Å². The quantitative estimate of drug-likeness (QED) is 0.608. The normalized spacial score (nSPS) is 13.3. The van der Waals surface area contributed by atoms with Gasteiger partial charge in [-0.2, -0.15) is 0 Å². The predicted molar refractivity (Wildman–Crippen MR) is 78.6 cm³/mol. The molecule has 0 fully saturated rings. The van der Waals surface area contributed by atoms with Crippen LogP contribution in [0.4, 0.5) is 0 Å². The molecule has 0 radical (unpaired) electrons. The molecule has 1 aromatic carbocycles. The summed E-state index contributed by atoms with van der Waals surface area (Å²) in [6.07, 6.45) is -0.126. The van der Waals surface area contributed by atoms with Crippen LogP contribution in [-0.2, 0) is 19.7 Å². The molecule has 0 spiro atoms. The third-order valence-electron chi connectivity index (χ3n) is 3.43. The van der Waals surface area contributed by atoms with E-state index < -0.39 is 11.4 Å². The first kappa shape index (κ1) is 17.1. The van der Waals surface area contributed by atoms with Crippen molar-refractivity contribution in [2.45, 2.75) is 18.8 Å². The molecule has 0 saturated carbocycles. The number of rotatable bonds is 7. The molecule has 6 heteroatoms. The number of hydrogen-bond acceptors (Lipinski definition) is 5. The second-order valence-corrected chi connectivity index (χ2v) is 4.89. The Morgan fingerprint density at radius 2 is 1.95 bits per heavy atom. The third kappa shape index (κ3) is 4.03. The van der Waals surface area contributed by atoms with E-state index in [9.17, 15) is 9.59 Å². The van der Waals surface area contributed by atoms with Gasteiger partial charge in [0.15, 0.2) is 0 Å². The van der Waals surface area contributed by atoms with Crippen molar-refractivity contribution in [1.82, 2.24) is 5.32 Å².